The number of hydrogen-bond acceptors (Lipinski definition) is 4. The van der Waals surface area contributed by atoms with E-state index in [0.717, 1.165) is 0 Å². The van der Waals surface area contributed by atoms with Gasteiger partial charge in [0.25, 0.3) is 0 Å². The van der Waals surface area contributed by atoms with Crippen LogP contribution in [0.2, 0.25) is 0 Å². The Hall–Kier alpha value is -1.10. The van der Waals surface area contributed by atoms with E-state index in [-0.39, 0.29) is 11.7 Å². The number of carbonyl (C=O) groups is 2. The third kappa shape index (κ3) is 4.49. The fourth-order valence-electron chi connectivity index (χ4n) is 2.20. The van der Waals surface area contributed by atoms with Crippen molar-refractivity contribution in [2.45, 2.75) is 58.6 Å². The number of Topliss-reactive ketones (excluding diaryl/α,β-unsaturated/α-hetero) is 1. The summed E-state index contributed by atoms with van der Waals surface area (Å²) in [6.07, 6.45) is 0.468. The van der Waals surface area contributed by atoms with Gasteiger partial charge in [-0.15, -0.1) is 0 Å². The van der Waals surface area contributed by atoms with E-state index in [1.54, 1.807) is 20.8 Å². The molecular weight excluding hydrogens is 246 g/mol. The lowest BCUT2D eigenvalue weighted by Gasteiger charge is -2.38. The van der Waals surface area contributed by atoms with Crippen LogP contribution in [0.1, 0.15) is 47.5 Å². The van der Waals surface area contributed by atoms with Crippen molar-refractivity contribution in [3.05, 3.63) is 0 Å². The Bertz CT molecular complexity index is 338. The van der Waals surface area contributed by atoms with Crippen molar-refractivity contribution in [1.29, 1.82) is 0 Å². The molecule has 0 radical (unpaired) electrons. The first-order valence-electron chi connectivity index (χ1n) is 6.79. The Morgan fingerprint density at radius 3 is 2.16 bits per heavy atom. The van der Waals surface area contributed by atoms with Crippen LogP contribution < -0.4 is 5.32 Å². The van der Waals surface area contributed by atoms with E-state index in [2.05, 4.69) is 5.32 Å². The van der Waals surface area contributed by atoms with Crippen molar-refractivity contribution in [3.8, 4) is 0 Å². The van der Waals surface area contributed by atoms with Crippen LogP contribution in [0.4, 0.5) is 4.79 Å². The molecule has 5 heteroatoms. The standard InChI is InChI=1S/C14H25NO4/c1-10(2)11(16)14(6-8-18-9-7-14)15-12(17)19-13(3,4)5/h10H,6-9H2,1-5H3,(H,15,17). The van der Waals surface area contributed by atoms with Gasteiger partial charge in [0.1, 0.15) is 11.1 Å². The molecule has 0 aromatic heterocycles. The van der Waals surface area contributed by atoms with Crippen LogP contribution in [0.3, 0.4) is 0 Å². The molecule has 19 heavy (non-hydrogen) atoms. The van der Waals surface area contributed by atoms with Gasteiger partial charge >= 0.3 is 6.09 Å². The highest BCUT2D eigenvalue weighted by molar-refractivity contribution is 5.93. The van der Waals surface area contributed by atoms with Gasteiger partial charge in [-0.3, -0.25) is 4.79 Å². The molecule has 1 aliphatic rings. The quantitative estimate of drug-likeness (QED) is 0.855. The van der Waals surface area contributed by atoms with E-state index in [4.69, 9.17) is 9.47 Å². The third-order valence-electron chi connectivity index (χ3n) is 3.08. The predicted molar refractivity (Wildman–Crippen MR) is 72.0 cm³/mol. The van der Waals surface area contributed by atoms with Crippen molar-refractivity contribution in [2.24, 2.45) is 5.92 Å². The molecule has 1 N–H and O–H groups in total. The summed E-state index contributed by atoms with van der Waals surface area (Å²) in [7, 11) is 0. The summed E-state index contributed by atoms with van der Waals surface area (Å²) >= 11 is 0. The van der Waals surface area contributed by atoms with Gasteiger partial charge in [0, 0.05) is 32.0 Å². The lowest BCUT2D eigenvalue weighted by atomic mass is 9.81. The molecule has 1 amide bonds. The SMILES string of the molecule is CC(C)C(=O)C1(NC(=O)OC(C)(C)C)CCOCC1. The zero-order valence-electron chi connectivity index (χ0n) is 12.5. The molecule has 0 spiro atoms. The van der Waals surface area contributed by atoms with E-state index >= 15 is 0 Å². The molecule has 0 aromatic rings. The van der Waals surface area contributed by atoms with Crippen LogP contribution >= 0.6 is 0 Å². The number of nitrogens with one attached hydrogen (secondary N) is 1. The molecule has 1 aliphatic heterocycles. The summed E-state index contributed by atoms with van der Waals surface area (Å²) in [6, 6.07) is 0. The molecule has 0 aromatic carbocycles. The Balaban J connectivity index is 2.81. The van der Waals surface area contributed by atoms with Gasteiger partial charge in [-0.1, -0.05) is 13.8 Å². The van der Waals surface area contributed by atoms with Crippen molar-refractivity contribution in [1.82, 2.24) is 5.32 Å². The first-order valence-corrected chi connectivity index (χ1v) is 6.79. The zero-order valence-corrected chi connectivity index (χ0v) is 12.5. The van der Waals surface area contributed by atoms with Gasteiger partial charge in [0.2, 0.25) is 0 Å². The molecule has 0 atom stereocenters. The van der Waals surface area contributed by atoms with E-state index in [9.17, 15) is 9.59 Å². The molecule has 1 fully saturated rings. The molecule has 0 aliphatic carbocycles. The first-order chi connectivity index (χ1) is 8.66. The summed E-state index contributed by atoms with van der Waals surface area (Å²) in [5, 5.41) is 2.78. The first kappa shape index (κ1) is 16.0. The summed E-state index contributed by atoms with van der Waals surface area (Å²) in [4.78, 5) is 24.3. The number of carbonyl (C=O) groups excluding carboxylic acids is 2. The minimum Gasteiger partial charge on any atom is -0.444 e. The molecule has 1 saturated heterocycles. The smallest absolute Gasteiger partial charge is 0.408 e. The molecular formula is C14H25NO4. The van der Waals surface area contributed by atoms with Crippen LogP contribution in [-0.2, 0) is 14.3 Å². The van der Waals surface area contributed by atoms with Crippen molar-refractivity contribution in [3.63, 3.8) is 0 Å². The van der Waals surface area contributed by atoms with Crippen molar-refractivity contribution in [2.75, 3.05) is 13.2 Å². The van der Waals surface area contributed by atoms with Gasteiger partial charge in [-0.2, -0.15) is 0 Å². The topological polar surface area (TPSA) is 64.6 Å². The van der Waals surface area contributed by atoms with E-state index < -0.39 is 17.2 Å². The lowest BCUT2D eigenvalue weighted by Crippen LogP contribution is -2.59. The van der Waals surface area contributed by atoms with Crippen molar-refractivity contribution >= 4 is 11.9 Å². The second-order valence-corrected chi connectivity index (χ2v) is 6.34. The molecule has 1 heterocycles. The molecule has 0 bridgehead atoms. The Morgan fingerprint density at radius 2 is 1.74 bits per heavy atom. The average molecular weight is 271 g/mol. The Morgan fingerprint density at radius 1 is 1.21 bits per heavy atom. The van der Waals surface area contributed by atoms with Gasteiger partial charge < -0.3 is 14.8 Å². The average Bonchev–Trinajstić information content (AvgIpc) is 2.26. The number of ether oxygens (including phenoxy) is 2. The van der Waals surface area contributed by atoms with E-state index in [0.29, 0.717) is 26.1 Å². The largest absolute Gasteiger partial charge is 0.444 e. The highest BCUT2D eigenvalue weighted by Crippen LogP contribution is 2.25. The number of hydrogen-bond donors (Lipinski definition) is 1. The second kappa shape index (κ2) is 5.90. The Kier molecular flexibility index (Phi) is 4.96. The van der Waals surface area contributed by atoms with Gasteiger partial charge in [-0.05, 0) is 20.8 Å². The Labute approximate surface area is 115 Å². The maximum absolute atomic E-state index is 12.4. The van der Waals surface area contributed by atoms with Crippen LogP contribution in [0.5, 0.6) is 0 Å². The maximum Gasteiger partial charge on any atom is 0.408 e. The number of rotatable bonds is 3. The normalized spacial score (nSPS) is 19.1. The third-order valence-corrected chi connectivity index (χ3v) is 3.08. The maximum atomic E-state index is 12.4. The zero-order chi connectivity index (χ0) is 14.7. The fraction of sp³-hybridized carbons (Fsp3) is 0.857. The molecule has 5 nitrogen and oxygen atoms in total. The van der Waals surface area contributed by atoms with Crippen LogP contribution in [0.25, 0.3) is 0 Å². The minimum atomic E-state index is -0.839. The number of alkyl carbamates (subject to hydrolysis) is 1. The van der Waals surface area contributed by atoms with Crippen LogP contribution in [0.15, 0.2) is 0 Å². The van der Waals surface area contributed by atoms with Crippen LogP contribution in [-0.4, -0.2) is 36.2 Å². The minimum absolute atomic E-state index is 0.0432. The lowest BCUT2D eigenvalue weighted by molar-refractivity contribution is -0.132. The predicted octanol–water partition coefficient (Wildman–Crippen LogP) is 2.29. The fourth-order valence-corrected chi connectivity index (χ4v) is 2.20. The monoisotopic (exact) mass is 271 g/mol. The van der Waals surface area contributed by atoms with Gasteiger partial charge in [0.05, 0.1) is 0 Å². The van der Waals surface area contributed by atoms with Crippen LogP contribution in [0, 0.1) is 5.92 Å². The van der Waals surface area contributed by atoms with E-state index in [1.807, 2.05) is 13.8 Å². The van der Waals surface area contributed by atoms with E-state index in [1.165, 1.54) is 0 Å². The molecule has 1 rings (SSSR count). The van der Waals surface area contributed by atoms with Gasteiger partial charge in [-0.25, -0.2) is 4.79 Å². The molecule has 0 unspecified atom stereocenters. The molecule has 0 saturated carbocycles. The highest BCUT2D eigenvalue weighted by atomic mass is 16.6. The summed E-state index contributed by atoms with van der Waals surface area (Å²) < 4.78 is 10.5. The highest BCUT2D eigenvalue weighted by Gasteiger charge is 2.43. The second-order valence-electron chi connectivity index (χ2n) is 6.34. The number of ketones is 1. The molecule has 110 valence electrons. The summed E-state index contributed by atoms with van der Waals surface area (Å²) in [6.45, 7) is 10.0. The summed E-state index contributed by atoms with van der Waals surface area (Å²) in [5.41, 5.74) is -1.41. The summed E-state index contributed by atoms with van der Waals surface area (Å²) in [5.74, 6) is -0.0882. The van der Waals surface area contributed by atoms with Gasteiger partial charge in [0.15, 0.2) is 5.78 Å². The number of amides is 1. The van der Waals surface area contributed by atoms with Crippen molar-refractivity contribution < 1.29 is 19.1 Å².